The fourth-order valence-electron chi connectivity index (χ4n) is 0.610. The van der Waals surface area contributed by atoms with Crippen molar-refractivity contribution in [1.82, 2.24) is 0 Å². The van der Waals surface area contributed by atoms with Gasteiger partial charge in [-0.25, -0.2) is 0 Å². The molecule has 0 aliphatic carbocycles. The molecule has 0 bridgehead atoms. The average molecular weight is 196 g/mol. The van der Waals surface area contributed by atoms with Crippen molar-refractivity contribution in [3.63, 3.8) is 0 Å². The first-order valence-corrected chi connectivity index (χ1v) is 5.62. The molecule has 1 unspecified atom stereocenters. The second-order valence-electron chi connectivity index (χ2n) is 2.03. The third-order valence-electron chi connectivity index (χ3n) is 1.05. The van der Waals surface area contributed by atoms with E-state index in [1.165, 1.54) is 0 Å². The number of rotatable bonds is 8. The van der Waals surface area contributed by atoms with Gasteiger partial charge in [0.05, 0.1) is 33.0 Å². The molecule has 0 aromatic rings. The van der Waals surface area contributed by atoms with Gasteiger partial charge in [0.15, 0.2) is 8.38 Å². The maximum atomic E-state index is 8.37. The van der Waals surface area contributed by atoms with Crippen LogP contribution >= 0.6 is 8.38 Å². The Morgan fingerprint density at radius 1 is 1.17 bits per heavy atom. The van der Waals surface area contributed by atoms with Gasteiger partial charge in [0.1, 0.15) is 0 Å². The first-order valence-electron chi connectivity index (χ1n) is 3.99. The summed E-state index contributed by atoms with van der Waals surface area (Å²) in [6, 6.07) is 0. The van der Waals surface area contributed by atoms with Crippen molar-refractivity contribution in [2.24, 2.45) is 0 Å². The Hall–Kier alpha value is 0.270. The van der Waals surface area contributed by atoms with E-state index in [0.29, 0.717) is 26.4 Å². The number of aliphatic hydroxyl groups is 1. The van der Waals surface area contributed by atoms with Crippen LogP contribution in [0.5, 0.6) is 0 Å². The summed E-state index contributed by atoms with van der Waals surface area (Å²) < 4.78 is 15.4. The molecule has 0 aromatic carbocycles. The van der Waals surface area contributed by atoms with Crippen molar-refractivity contribution in [2.75, 3.05) is 39.7 Å². The van der Waals surface area contributed by atoms with E-state index in [4.69, 9.17) is 18.9 Å². The topological polar surface area (TPSA) is 47.9 Å². The molecule has 0 aliphatic rings. The first-order chi connectivity index (χ1) is 5.81. The minimum absolute atomic E-state index is 0.0619. The zero-order valence-corrected chi connectivity index (χ0v) is 8.55. The van der Waals surface area contributed by atoms with Crippen LogP contribution in [0.1, 0.15) is 6.92 Å². The maximum absolute atomic E-state index is 8.37. The molecule has 0 aromatic heterocycles. The molecule has 0 rings (SSSR count). The lowest BCUT2D eigenvalue weighted by Crippen LogP contribution is -2.05. The van der Waals surface area contributed by atoms with E-state index in [1.54, 1.807) is 0 Å². The smallest absolute Gasteiger partial charge is 0.167 e. The molecule has 0 fully saturated rings. The summed E-state index contributed by atoms with van der Waals surface area (Å²) in [7, 11) is -0.744. The van der Waals surface area contributed by atoms with Gasteiger partial charge >= 0.3 is 0 Å². The highest BCUT2D eigenvalue weighted by molar-refractivity contribution is 7.46. The van der Waals surface area contributed by atoms with Gasteiger partial charge in [0.25, 0.3) is 0 Å². The molecule has 12 heavy (non-hydrogen) atoms. The van der Waals surface area contributed by atoms with Gasteiger partial charge < -0.3 is 18.9 Å². The van der Waals surface area contributed by atoms with Crippen LogP contribution < -0.4 is 0 Å². The van der Waals surface area contributed by atoms with Gasteiger partial charge in [-0.05, 0) is 6.92 Å². The van der Waals surface area contributed by atoms with Crippen LogP contribution in [0.25, 0.3) is 0 Å². The molecule has 0 radical (unpaired) electrons. The van der Waals surface area contributed by atoms with Crippen molar-refractivity contribution < 1.29 is 18.9 Å². The Balaban J connectivity index is 2.97. The summed E-state index contributed by atoms with van der Waals surface area (Å²) in [6.45, 7) is 6.00. The summed E-state index contributed by atoms with van der Waals surface area (Å²) in [5.41, 5.74) is 0. The maximum Gasteiger partial charge on any atom is 0.167 e. The van der Waals surface area contributed by atoms with E-state index < -0.39 is 8.38 Å². The molecule has 1 atom stereocenters. The zero-order chi connectivity index (χ0) is 9.23. The third-order valence-corrected chi connectivity index (χ3v) is 2.22. The molecule has 1 N–H and O–H groups in total. The van der Waals surface area contributed by atoms with Gasteiger partial charge in [-0.2, -0.15) is 0 Å². The zero-order valence-electron chi connectivity index (χ0n) is 7.65. The number of hydrogen-bond acceptors (Lipinski definition) is 4. The lowest BCUT2D eigenvalue weighted by atomic mass is 10.7. The number of aliphatic hydroxyl groups excluding tert-OH is 1. The molecule has 0 saturated carbocycles. The standard InChI is InChI=1S/C7H17O4P/c1-3-10-12(2)11-7-6-9-5-4-8/h8H,3-7H2,1-2H3. The molecule has 4 nitrogen and oxygen atoms in total. The quantitative estimate of drug-likeness (QED) is 0.464. The van der Waals surface area contributed by atoms with Crippen LogP contribution in [0, 0.1) is 0 Å². The normalized spacial score (nSPS) is 13.2. The summed E-state index contributed by atoms with van der Waals surface area (Å²) in [5, 5.41) is 8.37. The summed E-state index contributed by atoms with van der Waals surface area (Å²) >= 11 is 0. The Morgan fingerprint density at radius 2 is 1.92 bits per heavy atom. The number of ether oxygens (including phenoxy) is 1. The highest BCUT2D eigenvalue weighted by atomic mass is 31.2. The Bertz CT molecular complexity index is 91.5. The SMILES string of the molecule is CCOP(C)OCCOCCO. The third kappa shape index (κ3) is 8.37. The summed E-state index contributed by atoms with van der Waals surface area (Å²) in [4.78, 5) is 0. The van der Waals surface area contributed by atoms with E-state index in [1.807, 2.05) is 13.6 Å². The van der Waals surface area contributed by atoms with Crippen LogP contribution in [0.4, 0.5) is 0 Å². The van der Waals surface area contributed by atoms with Gasteiger partial charge in [-0.3, -0.25) is 0 Å². The van der Waals surface area contributed by atoms with Crippen molar-refractivity contribution in [3.8, 4) is 0 Å². The summed E-state index contributed by atoms with van der Waals surface area (Å²) in [5.74, 6) is 0. The van der Waals surface area contributed by atoms with E-state index in [-0.39, 0.29) is 6.61 Å². The summed E-state index contributed by atoms with van der Waals surface area (Å²) in [6.07, 6.45) is 0. The predicted octanol–water partition coefficient (Wildman–Crippen LogP) is 0.990. The Kier molecular flexibility index (Phi) is 9.57. The highest BCUT2D eigenvalue weighted by Gasteiger charge is 1.99. The van der Waals surface area contributed by atoms with Crippen LogP contribution in [-0.4, -0.2) is 44.8 Å². The van der Waals surface area contributed by atoms with Gasteiger partial charge in [0, 0.05) is 6.66 Å². The second kappa shape index (κ2) is 9.36. The van der Waals surface area contributed by atoms with Crippen molar-refractivity contribution in [1.29, 1.82) is 0 Å². The van der Waals surface area contributed by atoms with Gasteiger partial charge in [-0.15, -0.1) is 0 Å². The van der Waals surface area contributed by atoms with Crippen LogP contribution in [0.15, 0.2) is 0 Å². The molecule has 0 heterocycles. The monoisotopic (exact) mass is 196 g/mol. The van der Waals surface area contributed by atoms with Crippen molar-refractivity contribution >= 4 is 8.38 Å². The molecule has 0 saturated heterocycles. The minimum Gasteiger partial charge on any atom is -0.394 e. The molecule has 0 amide bonds. The molecule has 0 aliphatic heterocycles. The van der Waals surface area contributed by atoms with E-state index in [2.05, 4.69) is 0 Å². The second-order valence-corrected chi connectivity index (χ2v) is 3.42. The highest BCUT2D eigenvalue weighted by Crippen LogP contribution is 2.32. The Labute approximate surface area is 74.7 Å². The largest absolute Gasteiger partial charge is 0.394 e. The Morgan fingerprint density at radius 3 is 2.50 bits per heavy atom. The lowest BCUT2D eigenvalue weighted by Gasteiger charge is -2.11. The van der Waals surface area contributed by atoms with E-state index in [9.17, 15) is 0 Å². The lowest BCUT2D eigenvalue weighted by molar-refractivity contribution is 0.0698. The van der Waals surface area contributed by atoms with Crippen molar-refractivity contribution in [2.45, 2.75) is 6.92 Å². The van der Waals surface area contributed by atoms with Crippen LogP contribution in [0.3, 0.4) is 0 Å². The van der Waals surface area contributed by atoms with Crippen LogP contribution in [-0.2, 0) is 13.8 Å². The van der Waals surface area contributed by atoms with Crippen molar-refractivity contribution in [3.05, 3.63) is 0 Å². The predicted molar refractivity (Wildman–Crippen MR) is 48.3 cm³/mol. The molecule has 5 heteroatoms. The molecular weight excluding hydrogens is 179 g/mol. The van der Waals surface area contributed by atoms with Gasteiger partial charge in [-0.1, -0.05) is 0 Å². The molecule has 0 spiro atoms. The van der Waals surface area contributed by atoms with E-state index in [0.717, 1.165) is 0 Å². The fourth-order valence-corrected chi connectivity index (χ4v) is 1.38. The van der Waals surface area contributed by atoms with Crippen LogP contribution in [0.2, 0.25) is 0 Å². The first kappa shape index (κ1) is 12.3. The minimum atomic E-state index is -0.744. The van der Waals surface area contributed by atoms with Gasteiger partial charge in [0.2, 0.25) is 0 Å². The molecular formula is C7H17O4P. The average Bonchev–Trinajstić information content (AvgIpc) is 2.05. The number of hydrogen-bond donors (Lipinski definition) is 1. The van der Waals surface area contributed by atoms with E-state index >= 15 is 0 Å². The fraction of sp³-hybridized carbons (Fsp3) is 1.00. The molecule has 74 valence electrons.